The van der Waals surface area contributed by atoms with E-state index in [1.165, 1.54) is 0 Å². The van der Waals surface area contributed by atoms with Crippen LogP contribution >= 0.6 is 0 Å². The lowest BCUT2D eigenvalue weighted by molar-refractivity contribution is -0.139. The maximum atomic E-state index is 11.9. The number of urea groups is 1. The van der Waals surface area contributed by atoms with Gasteiger partial charge in [0.15, 0.2) is 0 Å². The molecular weight excluding hydrogens is 276 g/mol. The topological polar surface area (TPSA) is 108 Å². The number of hydrogen-bond donors (Lipinski definition) is 4. The van der Waals surface area contributed by atoms with Crippen LogP contribution in [0.25, 0.3) is 0 Å². The molecule has 1 heterocycles. The van der Waals surface area contributed by atoms with Crippen LogP contribution in [-0.4, -0.2) is 53.1 Å². The Labute approximate surface area is 125 Å². The van der Waals surface area contributed by atoms with Crippen molar-refractivity contribution in [3.05, 3.63) is 0 Å². The van der Waals surface area contributed by atoms with Crippen molar-refractivity contribution in [2.45, 2.75) is 63.6 Å². The number of aliphatic hydroxyl groups excluding tert-OH is 1. The van der Waals surface area contributed by atoms with E-state index in [2.05, 4.69) is 24.5 Å². The minimum absolute atomic E-state index is 0.00954. The van der Waals surface area contributed by atoms with Gasteiger partial charge in [0.1, 0.15) is 6.04 Å². The van der Waals surface area contributed by atoms with Gasteiger partial charge in [0, 0.05) is 25.7 Å². The highest BCUT2D eigenvalue weighted by molar-refractivity contribution is 5.82. The van der Waals surface area contributed by atoms with Crippen molar-refractivity contribution in [3.8, 4) is 0 Å². The van der Waals surface area contributed by atoms with E-state index in [0.29, 0.717) is 13.0 Å². The fourth-order valence-electron chi connectivity index (χ4n) is 2.67. The molecule has 1 aliphatic heterocycles. The van der Waals surface area contributed by atoms with Crippen molar-refractivity contribution in [2.75, 3.05) is 13.2 Å². The quantitative estimate of drug-likeness (QED) is 0.558. The summed E-state index contributed by atoms with van der Waals surface area (Å²) in [5.74, 6) is -1.15. The first-order valence-electron chi connectivity index (χ1n) is 7.51. The van der Waals surface area contributed by atoms with Crippen molar-refractivity contribution < 1.29 is 24.5 Å². The van der Waals surface area contributed by atoms with Crippen LogP contribution in [0.5, 0.6) is 0 Å². The lowest BCUT2D eigenvalue weighted by Crippen LogP contribution is -2.53. The molecule has 0 aromatic carbocycles. The van der Waals surface area contributed by atoms with E-state index in [9.17, 15) is 9.59 Å². The van der Waals surface area contributed by atoms with Crippen molar-refractivity contribution in [2.24, 2.45) is 0 Å². The summed E-state index contributed by atoms with van der Waals surface area (Å²) in [4.78, 5) is 22.8. The van der Waals surface area contributed by atoms with Gasteiger partial charge in [0.25, 0.3) is 0 Å². The van der Waals surface area contributed by atoms with E-state index in [1.54, 1.807) is 0 Å². The van der Waals surface area contributed by atoms with Gasteiger partial charge in [0.05, 0.1) is 5.60 Å². The Hall–Kier alpha value is -1.34. The second-order valence-corrected chi connectivity index (χ2v) is 5.45. The highest BCUT2D eigenvalue weighted by Crippen LogP contribution is 2.31. The average molecular weight is 302 g/mol. The van der Waals surface area contributed by atoms with Crippen molar-refractivity contribution in [1.29, 1.82) is 0 Å². The van der Waals surface area contributed by atoms with Crippen LogP contribution in [0, 0.1) is 0 Å². The highest BCUT2D eigenvalue weighted by Gasteiger charge is 2.35. The number of aliphatic carboxylic acids is 1. The zero-order chi connectivity index (χ0) is 15.9. The molecule has 2 atom stereocenters. The first-order valence-corrected chi connectivity index (χ1v) is 7.51. The van der Waals surface area contributed by atoms with E-state index in [0.717, 1.165) is 19.3 Å². The van der Waals surface area contributed by atoms with Gasteiger partial charge >= 0.3 is 12.0 Å². The summed E-state index contributed by atoms with van der Waals surface area (Å²) < 4.78 is 5.83. The summed E-state index contributed by atoms with van der Waals surface area (Å²) in [6.45, 7) is 4.43. The third-order valence-electron chi connectivity index (χ3n) is 4.14. The highest BCUT2D eigenvalue weighted by atomic mass is 16.5. The summed E-state index contributed by atoms with van der Waals surface area (Å²) >= 11 is 0. The molecule has 0 spiro atoms. The Kier molecular flexibility index (Phi) is 6.91. The summed E-state index contributed by atoms with van der Waals surface area (Å²) in [6.07, 6.45) is 3.19. The van der Waals surface area contributed by atoms with E-state index in [-0.39, 0.29) is 24.7 Å². The average Bonchev–Trinajstić information content (AvgIpc) is 2.46. The molecule has 7 nitrogen and oxygen atoms in total. The maximum absolute atomic E-state index is 11.9. The van der Waals surface area contributed by atoms with Crippen molar-refractivity contribution >= 4 is 12.0 Å². The number of carboxylic acids is 1. The zero-order valence-corrected chi connectivity index (χ0v) is 12.7. The summed E-state index contributed by atoms with van der Waals surface area (Å²) in [7, 11) is 0. The van der Waals surface area contributed by atoms with Gasteiger partial charge in [-0.3, -0.25) is 0 Å². The Morgan fingerprint density at radius 3 is 2.57 bits per heavy atom. The number of carbonyl (C=O) groups excluding carboxylic acids is 1. The van der Waals surface area contributed by atoms with Gasteiger partial charge < -0.3 is 25.6 Å². The minimum atomic E-state index is -1.15. The molecular formula is C14H26N2O5. The van der Waals surface area contributed by atoms with E-state index < -0.39 is 18.0 Å². The number of hydrogen-bond acceptors (Lipinski definition) is 4. The standard InChI is InChI=1S/C14H26N2O5/c1-3-14(4-2)9-10(6-8-21-14)15-13(20)16-11(5-7-17)12(18)19/h10-11,17H,3-9H2,1-2H3,(H,18,19)(H2,15,16,20)/t10?,11-/m0/s1. The molecule has 0 saturated carbocycles. The lowest BCUT2D eigenvalue weighted by Gasteiger charge is -2.40. The van der Waals surface area contributed by atoms with Crippen LogP contribution in [0.1, 0.15) is 46.0 Å². The Morgan fingerprint density at radius 2 is 2.05 bits per heavy atom. The number of carbonyl (C=O) groups is 2. The SMILES string of the molecule is CCC1(CC)CC(NC(=O)N[C@@H](CCO)C(=O)O)CCO1. The smallest absolute Gasteiger partial charge is 0.326 e. The lowest BCUT2D eigenvalue weighted by atomic mass is 9.86. The molecule has 0 radical (unpaired) electrons. The van der Waals surface area contributed by atoms with Gasteiger partial charge in [0.2, 0.25) is 0 Å². The number of amides is 2. The molecule has 1 saturated heterocycles. The molecule has 1 fully saturated rings. The molecule has 122 valence electrons. The molecule has 21 heavy (non-hydrogen) atoms. The number of carboxylic acid groups (broad SMARTS) is 1. The Balaban J connectivity index is 2.52. The molecule has 1 unspecified atom stereocenters. The van der Waals surface area contributed by atoms with E-state index >= 15 is 0 Å². The molecule has 0 aromatic rings. The van der Waals surface area contributed by atoms with Crippen molar-refractivity contribution in [1.82, 2.24) is 10.6 Å². The first-order chi connectivity index (χ1) is 9.96. The van der Waals surface area contributed by atoms with Gasteiger partial charge in [-0.25, -0.2) is 9.59 Å². The number of ether oxygens (including phenoxy) is 1. The summed E-state index contributed by atoms with van der Waals surface area (Å²) in [5.41, 5.74) is -0.201. The maximum Gasteiger partial charge on any atom is 0.326 e. The Bertz CT molecular complexity index is 357. The second-order valence-electron chi connectivity index (χ2n) is 5.45. The first kappa shape index (κ1) is 17.7. The fraction of sp³-hybridized carbons (Fsp3) is 0.857. The van der Waals surface area contributed by atoms with Crippen LogP contribution in [0.4, 0.5) is 4.79 Å². The monoisotopic (exact) mass is 302 g/mol. The molecule has 1 aliphatic rings. The van der Waals surface area contributed by atoms with Gasteiger partial charge in [-0.1, -0.05) is 13.8 Å². The third kappa shape index (κ3) is 5.17. The Morgan fingerprint density at radius 1 is 1.38 bits per heavy atom. The fourth-order valence-corrected chi connectivity index (χ4v) is 2.67. The summed E-state index contributed by atoms with van der Waals surface area (Å²) in [6, 6.07) is -1.61. The zero-order valence-electron chi connectivity index (χ0n) is 12.7. The van der Waals surface area contributed by atoms with Crippen molar-refractivity contribution in [3.63, 3.8) is 0 Å². The van der Waals surface area contributed by atoms with E-state index in [4.69, 9.17) is 14.9 Å². The summed E-state index contributed by atoms with van der Waals surface area (Å²) in [5, 5.41) is 22.9. The normalized spacial score (nSPS) is 22.3. The number of nitrogens with one attached hydrogen (secondary N) is 2. The van der Waals surface area contributed by atoms with Gasteiger partial charge in [-0.05, 0) is 25.7 Å². The number of aliphatic hydroxyl groups is 1. The van der Waals surface area contributed by atoms with Crippen LogP contribution < -0.4 is 10.6 Å². The predicted molar refractivity (Wildman–Crippen MR) is 77.1 cm³/mol. The minimum Gasteiger partial charge on any atom is -0.480 e. The molecule has 4 N–H and O–H groups in total. The second kappa shape index (κ2) is 8.19. The predicted octanol–water partition coefficient (Wildman–Crippen LogP) is 0.859. The van der Waals surface area contributed by atoms with Crippen LogP contribution in [-0.2, 0) is 9.53 Å². The molecule has 2 amide bonds. The van der Waals surface area contributed by atoms with E-state index in [1.807, 2.05) is 0 Å². The molecule has 7 heteroatoms. The molecule has 0 aromatic heterocycles. The molecule has 0 bridgehead atoms. The van der Waals surface area contributed by atoms with Crippen LogP contribution in [0.3, 0.4) is 0 Å². The van der Waals surface area contributed by atoms with Gasteiger partial charge in [-0.15, -0.1) is 0 Å². The number of rotatable bonds is 7. The van der Waals surface area contributed by atoms with Crippen LogP contribution in [0.2, 0.25) is 0 Å². The molecule has 0 aliphatic carbocycles. The van der Waals surface area contributed by atoms with Crippen LogP contribution in [0.15, 0.2) is 0 Å². The third-order valence-corrected chi connectivity index (χ3v) is 4.14. The molecule has 1 rings (SSSR count). The van der Waals surface area contributed by atoms with Gasteiger partial charge in [-0.2, -0.15) is 0 Å². The largest absolute Gasteiger partial charge is 0.480 e.